The quantitative estimate of drug-likeness (QED) is 0.136. The van der Waals surface area contributed by atoms with Crippen LogP contribution in [0.25, 0.3) is 0 Å². The average molecular weight is 844 g/mol. The molecule has 0 unspecified atom stereocenters. The summed E-state index contributed by atoms with van der Waals surface area (Å²) in [5, 5.41) is 0. The summed E-state index contributed by atoms with van der Waals surface area (Å²) in [5.74, 6) is 0.124. The molecule has 0 aliphatic heterocycles. The molecule has 0 N–H and O–H groups in total. The van der Waals surface area contributed by atoms with E-state index < -0.39 is 0 Å². The smallest absolute Gasteiger partial charge is 0.141 e. The van der Waals surface area contributed by atoms with Crippen LogP contribution in [0, 0.1) is 0 Å². The van der Waals surface area contributed by atoms with Gasteiger partial charge < -0.3 is 0 Å². The summed E-state index contributed by atoms with van der Waals surface area (Å²) >= 11 is 0. The zero-order valence-corrected chi connectivity index (χ0v) is 31.5. The molecule has 0 aliphatic rings. The number of Topliss-reactive ketones (excluding diaryl/α,β-unsaturated/α-hetero) is 3. The van der Waals surface area contributed by atoms with Crippen LogP contribution in [0.1, 0.15) is 71.9 Å². The van der Waals surface area contributed by atoms with Crippen molar-refractivity contribution >= 4 is 17.3 Å². The van der Waals surface area contributed by atoms with Crippen LogP contribution in [-0.4, -0.2) is 17.3 Å². The molecular formula is C45H42O3Pd2. The molecule has 50 heavy (non-hydrogen) atoms. The topological polar surface area (TPSA) is 51.2 Å². The van der Waals surface area contributed by atoms with Gasteiger partial charge in [0, 0.05) is 40.8 Å². The Bertz CT molecular complexity index is 1490. The van der Waals surface area contributed by atoms with Crippen LogP contribution < -0.4 is 0 Å². The molecule has 0 fully saturated rings. The SMILES string of the molecule is CC(=O)C(c1ccccc1)c1ccccc1.CC(=O)C(c1ccccc1)c1ccccc1.CC(=O)C(c1ccccc1)c1ccccc1.[Pd].[Pd]. The molecule has 0 aromatic heterocycles. The molecule has 3 nitrogen and oxygen atoms in total. The Kier molecular flexibility index (Phi) is 18.7. The van der Waals surface area contributed by atoms with Crippen molar-refractivity contribution in [2.75, 3.05) is 0 Å². The Labute approximate surface area is 324 Å². The molecular weight excluding hydrogens is 801 g/mol. The van der Waals surface area contributed by atoms with E-state index in [4.69, 9.17) is 0 Å². The van der Waals surface area contributed by atoms with E-state index in [1.807, 2.05) is 182 Å². The number of benzene rings is 6. The van der Waals surface area contributed by atoms with Gasteiger partial charge in [-0.2, -0.15) is 0 Å². The van der Waals surface area contributed by atoms with Gasteiger partial charge in [0.2, 0.25) is 0 Å². The van der Waals surface area contributed by atoms with Crippen LogP contribution in [0.5, 0.6) is 0 Å². The van der Waals surface area contributed by atoms with Gasteiger partial charge in [0.1, 0.15) is 17.3 Å². The monoisotopic (exact) mass is 842 g/mol. The molecule has 0 heterocycles. The summed E-state index contributed by atoms with van der Waals surface area (Å²) in [4.78, 5) is 35.2. The zero-order valence-electron chi connectivity index (χ0n) is 28.4. The van der Waals surface area contributed by atoms with E-state index in [1.165, 1.54) is 0 Å². The minimum absolute atomic E-state index is 0. The molecule has 0 amide bonds. The van der Waals surface area contributed by atoms with Crippen molar-refractivity contribution in [3.05, 3.63) is 215 Å². The molecule has 0 saturated carbocycles. The summed E-state index contributed by atoms with van der Waals surface area (Å²) in [7, 11) is 0. The Morgan fingerprint density at radius 1 is 0.280 bits per heavy atom. The fourth-order valence-electron chi connectivity index (χ4n) is 5.86. The van der Waals surface area contributed by atoms with E-state index >= 15 is 0 Å². The van der Waals surface area contributed by atoms with E-state index in [0.717, 1.165) is 33.4 Å². The van der Waals surface area contributed by atoms with Gasteiger partial charge in [-0.25, -0.2) is 0 Å². The van der Waals surface area contributed by atoms with Gasteiger partial charge in [0.05, 0.1) is 17.8 Å². The van der Waals surface area contributed by atoms with Crippen LogP contribution >= 0.6 is 0 Å². The first kappa shape index (κ1) is 41.8. The third-order valence-electron chi connectivity index (χ3n) is 8.02. The Morgan fingerprint density at radius 3 is 0.500 bits per heavy atom. The second kappa shape index (κ2) is 22.4. The molecule has 5 heteroatoms. The standard InChI is InChI=1S/3C15H14O.2Pd/c3*1-12(16)15(13-8-4-2-5-9-13)14-10-6-3-7-11-14;;/h3*2-11,15H,1H3;;. The van der Waals surface area contributed by atoms with E-state index in [0.29, 0.717) is 0 Å². The number of hydrogen-bond donors (Lipinski definition) is 0. The molecule has 0 radical (unpaired) electrons. The minimum atomic E-state index is -0.137. The molecule has 0 spiro atoms. The van der Waals surface area contributed by atoms with Crippen molar-refractivity contribution in [3.8, 4) is 0 Å². The number of hydrogen-bond acceptors (Lipinski definition) is 3. The fraction of sp³-hybridized carbons (Fsp3) is 0.133. The van der Waals surface area contributed by atoms with Crippen molar-refractivity contribution < 1.29 is 55.2 Å². The first-order valence-corrected chi connectivity index (χ1v) is 16.2. The van der Waals surface area contributed by atoms with Gasteiger partial charge in [-0.1, -0.05) is 182 Å². The first-order chi connectivity index (χ1) is 23.4. The summed E-state index contributed by atoms with van der Waals surface area (Å²) in [6.07, 6.45) is 0. The van der Waals surface area contributed by atoms with Gasteiger partial charge in [-0.05, 0) is 54.2 Å². The van der Waals surface area contributed by atoms with Gasteiger partial charge in [0.25, 0.3) is 0 Å². The molecule has 6 aromatic carbocycles. The third kappa shape index (κ3) is 12.5. The fourth-order valence-corrected chi connectivity index (χ4v) is 5.86. The molecule has 0 bridgehead atoms. The van der Waals surface area contributed by atoms with Crippen molar-refractivity contribution in [3.63, 3.8) is 0 Å². The number of carbonyl (C=O) groups is 3. The van der Waals surface area contributed by atoms with Crippen molar-refractivity contribution in [1.82, 2.24) is 0 Å². The summed E-state index contributed by atoms with van der Waals surface area (Å²) in [6.45, 7) is 4.93. The second-order valence-corrected chi connectivity index (χ2v) is 11.6. The van der Waals surface area contributed by atoms with Crippen LogP contribution in [0.2, 0.25) is 0 Å². The van der Waals surface area contributed by atoms with Crippen molar-refractivity contribution in [1.29, 1.82) is 0 Å². The molecule has 0 aliphatic carbocycles. The summed E-state index contributed by atoms with van der Waals surface area (Å²) in [5.41, 5.74) is 6.34. The molecule has 6 aromatic rings. The molecule has 260 valence electrons. The Morgan fingerprint density at radius 2 is 0.400 bits per heavy atom. The van der Waals surface area contributed by atoms with E-state index in [9.17, 15) is 14.4 Å². The molecule has 6 rings (SSSR count). The maximum absolute atomic E-state index is 11.7. The third-order valence-corrected chi connectivity index (χ3v) is 8.02. The predicted molar refractivity (Wildman–Crippen MR) is 196 cm³/mol. The number of carbonyl (C=O) groups excluding carboxylic acids is 3. The maximum Gasteiger partial charge on any atom is 0.141 e. The minimum Gasteiger partial charge on any atom is -0.299 e. The molecule has 0 atom stereocenters. The molecule has 0 saturated heterocycles. The second-order valence-electron chi connectivity index (χ2n) is 11.6. The van der Waals surface area contributed by atoms with Gasteiger partial charge in [0.15, 0.2) is 0 Å². The van der Waals surface area contributed by atoms with Gasteiger partial charge >= 0.3 is 0 Å². The van der Waals surface area contributed by atoms with E-state index in [2.05, 4.69) is 0 Å². The largest absolute Gasteiger partial charge is 0.299 e. The normalized spacial score (nSPS) is 9.96. The average Bonchev–Trinajstić information content (AvgIpc) is 3.12. The Hall–Kier alpha value is -4.35. The number of ketones is 3. The van der Waals surface area contributed by atoms with Crippen molar-refractivity contribution in [2.24, 2.45) is 0 Å². The Balaban J connectivity index is 0.000000255. The summed E-state index contributed by atoms with van der Waals surface area (Å²) < 4.78 is 0. The van der Waals surface area contributed by atoms with Crippen LogP contribution in [0.4, 0.5) is 0 Å². The van der Waals surface area contributed by atoms with Crippen LogP contribution in [-0.2, 0) is 55.2 Å². The van der Waals surface area contributed by atoms with Gasteiger partial charge in [-0.3, -0.25) is 14.4 Å². The van der Waals surface area contributed by atoms with Crippen LogP contribution in [0.3, 0.4) is 0 Å². The predicted octanol–water partition coefficient (Wildman–Crippen LogP) is 10.2. The summed E-state index contributed by atoms with van der Waals surface area (Å²) in [6, 6.07) is 59.4. The zero-order chi connectivity index (χ0) is 34.1. The van der Waals surface area contributed by atoms with E-state index in [-0.39, 0.29) is 75.9 Å². The maximum atomic E-state index is 11.7. The van der Waals surface area contributed by atoms with Crippen molar-refractivity contribution in [2.45, 2.75) is 38.5 Å². The van der Waals surface area contributed by atoms with Crippen LogP contribution in [0.15, 0.2) is 182 Å². The van der Waals surface area contributed by atoms with Gasteiger partial charge in [-0.15, -0.1) is 0 Å². The first-order valence-electron chi connectivity index (χ1n) is 16.2. The number of rotatable bonds is 9. The van der Waals surface area contributed by atoms with E-state index in [1.54, 1.807) is 20.8 Å².